The maximum atomic E-state index is 13.4. The molecule has 0 radical (unpaired) electrons. The quantitative estimate of drug-likeness (QED) is 0.321. The summed E-state index contributed by atoms with van der Waals surface area (Å²) in [5.74, 6) is 0.328. The molecule has 0 atom stereocenters. The van der Waals surface area contributed by atoms with Gasteiger partial charge in [-0.25, -0.2) is 9.78 Å². The first-order valence-corrected chi connectivity index (χ1v) is 11.1. The Labute approximate surface area is 192 Å². The Kier molecular flexibility index (Phi) is 5.08. The number of fused-ring (bicyclic) bond motifs is 1. The number of rotatable bonds is 3. The highest BCUT2D eigenvalue weighted by molar-refractivity contribution is 7.73. The molecule has 32 heavy (non-hydrogen) atoms. The molecule has 0 fully saturated rings. The average Bonchev–Trinajstić information content (AvgIpc) is 3.17. The summed E-state index contributed by atoms with van der Waals surface area (Å²) in [5.41, 5.74) is 2.41. The van der Waals surface area contributed by atoms with Crippen molar-refractivity contribution in [2.24, 2.45) is 0 Å². The molecular weight excluding hydrogens is 440 g/mol. The molecule has 0 unspecified atom stereocenters. The summed E-state index contributed by atoms with van der Waals surface area (Å²) in [7, 11) is 0. The zero-order chi connectivity index (χ0) is 22.2. The van der Waals surface area contributed by atoms with Gasteiger partial charge in [0.25, 0.3) is 10.6 Å². The molecule has 0 saturated heterocycles. The lowest BCUT2D eigenvalue weighted by atomic mass is 10.1. The first kappa shape index (κ1) is 20.2. The average molecular weight is 458 g/mol. The van der Waals surface area contributed by atoms with Gasteiger partial charge in [-0.1, -0.05) is 42.5 Å². The maximum absolute atomic E-state index is 13.4. The molecule has 5 rings (SSSR count). The molecule has 0 aliphatic rings. The molecule has 2 aromatic heterocycles. The second kappa shape index (κ2) is 8.07. The lowest BCUT2D eigenvalue weighted by molar-refractivity contribution is -0.635. The van der Waals surface area contributed by atoms with Crippen LogP contribution < -0.4 is 10.2 Å². The number of aromatic nitrogens is 4. The number of hydrogen-bond acceptors (Lipinski definition) is 5. The minimum absolute atomic E-state index is 0.166. The van der Waals surface area contributed by atoms with Gasteiger partial charge in [0.2, 0.25) is 3.95 Å². The van der Waals surface area contributed by atoms with Crippen molar-refractivity contribution in [1.29, 1.82) is 0 Å². The van der Waals surface area contributed by atoms with Crippen LogP contribution in [0.4, 0.5) is 0 Å². The van der Waals surface area contributed by atoms with E-state index in [4.69, 9.17) is 17.2 Å². The van der Waals surface area contributed by atoms with Crippen molar-refractivity contribution in [2.45, 2.75) is 6.92 Å². The summed E-state index contributed by atoms with van der Waals surface area (Å²) in [5, 5.41) is 4.18. The molecule has 5 aromatic rings. The van der Waals surface area contributed by atoms with Crippen LogP contribution in [0, 0.1) is 10.9 Å². The maximum Gasteiger partial charge on any atom is 0.448 e. The van der Waals surface area contributed by atoms with Crippen molar-refractivity contribution < 1.29 is 9.48 Å². The standard InChI is InChI=1S/C24H16N4O2S2/c1-15-28(26-24(31)32-15)22(29)17-11-13-18(14-12-17)27-21(16-7-3-2-4-8-16)25-20-10-6-5-9-19(20)23(27)30/h2-14H,1H3/p+1. The molecule has 0 aliphatic carbocycles. The van der Waals surface area contributed by atoms with E-state index >= 15 is 0 Å². The number of nitrogens with zero attached hydrogens (tertiary/aromatic N) is 3. The molecule has 6 nitrogen and oxygen atoms in total. The predicted molar refractivity (Wildman–Crippen MR) is 127 cm³/mol. The van der Waals surface area contributed by atoms with Crippen LogP contribution in [0.2, 0.25) is 0 Å². The highest BCUT2D eigenvalue weighted by atomic mass is 32.1. The fourth-order valence-corrected chi connectivity index (χ4v) is 4.68. The fraction of sp³-hybridized carbons (Fsp3) is 0.0417. The summed E-state index contributed by atoms with van der Waals surface area (Å²) in [6, 6.07) is 23.8. The van der Waals surface area contributed by atoms with E-state index in [1.165, 1.54) is 16.0 Å². The molecule has 0 aliphatic heterocycles. The topological polar surface area (TPSA) is 71.6 Å². The van der Waals surface area contributed by atoms with Gasteiger partial charge in [0, 0.05) is 12.5 Å². The number of hydrogen-bond donors (Lipinski definition) is 1. The summed E-state index contributed by atoms with van der Waals surface area (Å²) in [6.07, 6.45) is 0. The van der Waals surface area contributed by atoms with Crippen LogP contribution in [-0.4, -0.2) is 20.6 Å². The number of para-hydroxylation sites is 1. The number of nitrogens with one attached hydrogen (secondary N) is 1. The van der Waals surface area contributed by atoms with Gasteiger partial charge in [-0.2, -0.15) is 0 Å². The number of aromatic amines is 1. The molecule has 8 heteroatoms. The third-order valence-electron chi connectivity index (χ3n) is 5.14. The third-order valence-corrected chi connectivity index (χ3v) is 6.24. The summed E-state index contributed by atoms with van der Waals surface area (Å²) >= 11 is 6.48. The van der Waals surface area contributed by atoms with Crippen molar-refractivity contribution >= 4 is 40.4 Å². The summed E-state index contributed by atoms with van der Waals surface area (Å²) in [4.78, 5) is 31.1. The summed E-state index contributed by atoms with van der Waals surface area (Å²) in [6.45, 7) is 1.83. The van der Waals surface area contributed by atoms with Crippen molar-refractivity contribution in [3.05, 3.63) is 104 Å². The molecular formula is C24H17N4O2S2+. The second-order valence-electron chi connectivity index (χ2n) is 7.17. The number of benzene rings is 3. The monoisotopic (exact) mass is 457 g/mol. The molecule has 1 N–H and O–H groups in total. The van der Waals surface area contributed by atoms with E-state index in [1.807, 2.05) is 55.5 Å². The fourth-order valence-electron chi connectivity index (χ4n) is 3.60. The SMILES string of the molecule is Cc1sc(=S)[nH][n+]1C(=O)c1ccc(-n2c(-c3ccccc3)nc3ccccc3c2=O)cc1. The predicted octanol–water partition coefficient (Wildman–Crippen LogP) is 4.46. The van der Waals surface area contributed by atoms with Gasteiger partial charge in [-0.3, -0.25) is 9.36 Å². The number of carbonyl (C=O) groups is 1. The number of carbonyl (C=O) groups excluding carboxylic acids is 1. The highest BCUT2D eigenvalue weighted by Crippen LogP contribution is 2.22. The minimum Gasteiger partial charge on any atom is -0.268 e. The Bertz CT molecular complexity index is 1580. The molecule has 156 valence electrons. The number of H-pyrrole nitrogens is 1. The summed E-state index contributed by atoms with van der Waals surface area (Å²) < 4.78 is 3.55. The molecule has 0 bridgehead atoms. The van der Waals surface area contributed by atoms with Crippen LogP contribution >= 0.6 is 23.6 Å². The second-order valence-corrected chi connectivity index (χ2v) is 9.04. The van der Waals surface area contributed by atoms with E-state index in [9.17, 15) is 9.59 Å². The van der Waals surface area contributed by atoms with Crippen LogP contribution in [-0.2, 0) is 0 Å². The van der Waals surface area contributed by atoms with Crippen molar-refractivity contribution in [3.8, 4) is 17.1 Å². The molecule has 0 amide bonds. The Balaban J connectivity index is 1.67. The van der Waals surface area contributed by atoms with E-state index in [1.54, 1.807) is 34.9 Å². The van der Waals surface area contributed by atoms with Gasteiger partial charge in [0.15, 0.2) is 0 Å². The van der Waals surface area contributed by atoms with Gasteiger partial charge in [-0.05, 0) is 64.6 Å². The van der Waals surface area contributed by atoms with Gasteiger partial charge >= 0.3 is 5.91 Å². The third kappa shape index (κ3) is 3.49. The first-order valence-electron chi connectivity index (χ1n) is 9.87. The molecule has 0 spiro atoms. The molecule has 0 saturated carbocycles. The van der Waals surface area contributed by atoms with Crippen molar-refractivity contribution in [2.75, 3.05) is 0 Å². The van der Waals surface area contributed by atoms with Crippen LogP contribution in [0.5, 0.6) is 0 Å². The van der Waals surface area contributed by atoms with Crippen molar-refractivity contribution in [3.63, 3.8) is 0 Å². The van der Waals surface area contributed by atoms with Crippen LogP contribution in [0.25, 0.3) is 28.0 Å². The van der Waals surface area contributed by atoms with Gasteiger partial charge in [-0.15, -0.1) is 5.10 Å². The Morgan fingerprint density at radius 3 is 2.38 bits per heavy atom. The zero-order valence-corrected chi connectivity index (χ0v) is 18.6. The van der Waals surface area contributed by atoms with Crippen LogP contribution in [0.15, 0.2) is 83.7 Å². The molecule has 2 heterocycles. The lowest BCUT2D eigenvalue weighted by Gasteiger charge is -2.14. The van der Waals surface area contributed by atoms with Crippen molar-refractivity contribution in [1.82, 2.24) is 14.6 Å². The van der Waals surface area contributed by atoms with Crippen LogP contribution in [0.1, 0.15) is 15.4 Å². The van der Waals surface area contributed by atoms with E-state index in [-0.39, 0.29) is 11.5 Å². The Morgan fingerprint density at radius 1 is 1.00 bits per heavy atom. The highest BCUT2D eigenvalue weighted by Gasteiger charge is 2.23. The first-order chi connectivity index (χ1) is 15.5. The van der Waals surface area contributed by atoms with Gasteiger partial charge in [0.05, 0.1) is 22.2 Å². The number of aryl methyl sites for hydroxylation is 1. The van der Waals surface area contributed by atoms with E-state index in [0.717, 1.165) is 10.6 Å². The van der Waals surface area contributed by atoms with Gasteiger partial charge in [0.1, 0.15) is 5.82 Å². The van der Waals surface area contributed by atoms with Crippen LogP contribution in [0.3, 0.4) is 0 Å². The smallest absolute Gasteiger partial charge is 0.268 e. The van der Waals surface area contributed by atoms with E-state index < -0.39 is 0 Å². The zero-order valence-electron chi connectivity index (χ0n) is 17.0. The van der Waals surface area contributed by atoms with E-state index in [0.29, 0.717) is 31.9 Å². The lowest BCUT2D eigenvalue weighted by Crippen LogP contribution is -2.46. The normalized spacial score (nSPS) is 11.0. The largest absolute Gasteiger partial charge is 0.448 e. The Hall–Kier alpha value is -3.75. The Morgan fingerprint density at radius 2 is 1.69 bits per heavy atom. The van der Waals surface area contributed by atoms with E-state index in [2.05, 4.69) is 5.10 Å². The minimum atomic E-state index is -0.214. The molecule has 3 aromatic carbocycles. The van der Waals surface area contributed by atoms with Gasteiger partial charge < -0.3 is 0 Å².